The van der Waals surface area contributed by atoms with Crippen LogP contribution in [0.25, 0.3) is 0 Å². The zero-order chi connectivity index (χ0) is 31.5. The van der Waals surface area contributed by atoms with Gasteiger partial charge in [0.15, 0.2) is 0 Å². The van der Waals surface area contributed by atoms with E-state index in [4.69, 9.17) is 151 Å². The molecule has 0 bridgehead atoms. The fraction of sp³-hybridized carbons (Fsp3) is 1.00. The second kappa shape index (κ2) is 25.7. The van der Waals surface area contributed by atoms with Crippen molar-refractivity contribution in [2.75, 3.05) is 72.5 Å². The molecule has 0 saturated heterocycles. The van der Waals surface area contributed by atoms with Crippen LogP contribution in [0.4, 0.5) is 0 Å². The number of rotatable bonds is 28. The molecule has 0 N–H and O–H groups in total. The van der Waals surface area contributed by atoms with E-state index in [9.17, 15) is 0 Å². The van der Waals surface area contributed by atoms with Crippen molar-refractivity contribution in [3.05, 3.63) is 0 Å². The van der Waals surface area contributed by atoms with Gasteiger partial charge in [-0.2, -0.15) is 47.0 Å². The van der Waals surface area contributed by atoms with E-state index >= 15 is 0 Å². The average molecular weight is 983 g/mol. The molecule has 0 aliphatic heterocycles. The molecule has 4 nitrogen and oxygen atoms in total. The summed E-state index contributed by atoms with van der Waals surface area (Å²) in [5.41, 5.74) is 0. The van der Waals surface area contributed by atoms with E-state index in [2.05, 4.69) is 0 Å². The van der Waals surface area contributed by atoms with Crippen LogP contribution in [0.2, 0.25) is 24.2 Å². The van der Waals surface area contributed by atoms with Crippen molar-refractivity contribution in [1.82, 2.24) is 0 Å². The van der Waals surface area contributed by atoms with Gasteiger partial charge in [-0.15, -0.1) is 133 Å². The number of thioether (sulfide) groups is 4. The highest BCUT2D eigenvalue weighted by Gasteiger charge is 2.46. The third-order valence-electron chi connectivity index (χ3n) is 4.15. The van der Waals surface area contributed by atoms with Crippen LogP contribution < -0.4 is 0 Å². The molecule has 0 amide bonds. The van der Waals surface area contributed by atoms with E-state index < -0.39 is 33.1 Å². The van der Waals surface area contributed by atoms with Gasteiger partial charge in [-0.3, -0.25) is 0 Å². The first-order chi connectivity index (χ1) is 18.8. The Kier molecular flexibility index (Phi) is 29.3. The van der Waals surface area contributed by atoms with Crippen molar-refractivity contribution in [3.8, 4) is 0 Å². The molecular formula is C16H32Cl12O4S4Si5. The van der Waals surface area contributed by atoms with Crippen LogP contribution >= 0.6 is 180 Å². The fourth-order valence-corrected chi connectivity index (χ4v) is 20.8. The van der Waals surface area contributed by atoms with Crippen LogP contribution in [0, 0.1) is 0 Å². The van der Waals surface area contributed by atoms with E-state index in [-0.39, 0.29) is 0 Å². The quantitative estimate of drug-likeness (QED) is 0.0436. The minimum atomic E-state index is -3.51. The maximum absolute atomic E-state index is 6.21. The SMILES string of the molecule is Cl[Si](Cl)(Cl)CCSCCO[Si](OCCSCC[Si](Cl)(Cl)Cl)(OCCSCC[Si](Cl)(Cl)Cl)OCCSCC[Si](Cl)(Cl)Cl. The standard InChI is InChI=1S/C16H32Cl12O4S4Si5/c17-37(18,19)13-9-33-5-1-29-41(30-2-6-34-10-14-38(20,21)22,31-3-7-35-11-15-39(23,24)25)32-4-8-36-12-16-40(26,27)28/h1-16H2. The van der Waals surface area contributed by atoms with Crippen molar-refractivity contribution in [2.45, 2.75) is 24.2 Å². The van der Waals surface area contributed by atoms with Crippen LogP contribution in [0.3, 0.4) is 0 Å². The maximum Gasteiger partial charge on any atom is 0.679 e. The molecule has 0 aromatic rings. The summed E-state index contributed by atoms with van der Waals surface area (Å²) in [5.74, 6) is 5.53. The van der Waals surface area contributed by atoms with Crippen molar-refractivity contribution < 1.29 is 17.7 Å². The van der Waals surface area contributed by atoms with Crippen molar-refractivity contribution in [2.24, 2.45) is 0 Å². The molecule has 0 heterocycles. The van der Waals surface area contributed by atoms with Crippen LogP contribution in [0.15, 0.2) is 0 Å². The van der Waals surface area contributed by atoms with E-state index in [1.165, 1.54) is 0 Å². The highest BCUT2D eigenvalue weighted by atomic mass is 35.9. The van der Waals surface area contributed by atoms with Crippen molar-refractivity contribution >= 4 is 213 Å². The molecule has 25 heteroatoms. The van der Waals surface area contributed by atoms with Gasteiger partial charge < -0.3 is 17.7 Å². The van der Waals surface area contributed by atoms with Gasteiger partial charge in [0.1, 0.15) is 0 Å². The van der Waals surface area contributed by atoms with Gasteiger partial charge in [-0.25, -0.2) is 0 Å². The Morgan fingerprint density at radius 2 is 0.512 bits per heavy atom. The third kappa shape index (κ3) is 35.4. The van der Waals surface area contributed by atoms with Gasteiger partial charge >= 0.3 is 33.1 Å². The minimum Gasteiger partial charge on any atom is -0.350 e. The van der Waals surface area contributed by atoms with Gasteiger partial charge in [-0.1, -0.05) is 0 Å². The Labute approximate surface area is 323 Å². The first-order valence-corrected chi connectivity index (χ1v) is 39.2. The smallest absolute Gasteiger partial charge is 0.350 e. The average Bonchev–Trinajstić information content (AvgIpc) is 2.80. The molecule has 0 saturated carbocycles. The maximum atomic E-state index is 6.21. The Balaban J connectivity index is 5.09. The first kappa shape index (κ1) is 46.8. The molecule has 0 aliphatic carbocycles. The van der Waals surface area contributed by atoms with E-state index in [0.29, 0.717) is 73.6 Å². The lowest BCUT2D eigenvalue weighted by Gasteiger charge is -2.28. The van der Waals surface area contributed by atoms with E-state index in [0.717, 1.165) is 23.0 Å². The molecule has 0 atom stereocenters. The van der Waals surface area contributed by atoms with Gasteiger partial charge in [0.2, 0.25) is 0 Å². The molecule has 0 radical (unpaired) electrons. The Morgan fingerprint density at radius 3 is 0.683 bits per heavy atom. The van der Waals surface area contributed by atoms with Crippen LogP contribution in [0.1, 0.15) is 0 Å². The summed E-state index contributed by atoms with van der Waals surface area (Å²) >= 11 is 78.3. The van der Waals surface area contributed by atoms with Crippen LogP contribution in [-0.4, -0.2) is 106 Å². The highest BCUT2D eigenvalue weighted by Crippen LogP contribution is 2.29. The van der Waals surface area contributed by atoms with Crippen molar-refractivity contribution in [3.63, 3.8) is 0 Å². The fourth-order valence-electron chi connectivity index (χ4n) is 2.31. The minimum absolute atomic E-state index is 0.350. The highest BCUT2D eigenvalue weighted by molar-refractivity contribution is 8.00. The molecule has 248 valence electrons. The van der Waals surface area contributed by atoms with Gasteiger partial charge in [0, 0.05) is 49.4 Å². The van der Waals surface area contributed by atoms with Gasteiger partial charge in [-0.05, 0) is 47.2 Å². The van der Waals surface area contributed by atoms with Crippen LogP contribution in [-0.2, 0) is 17.7 Å². The lowest BCUT2D eigenvalue weighted by molar-refractivity contribution is -0.0225. The second-order valence-electron chi connectivity index (χ2n) is 7.80. The molecular weight excluding hydrogens is 950 g/mol. The predicted molar refractivity (Wildman–Crippen MR) is 211 cm³/mol. The normalized spacial score (nSPS) is 13.8. The monoisotopic (exact) mass is 976 g/mol. The zero-order valence-corrected chi connectivity index (χ0v) is 39.0. The van der Waals surface area contributed by atoms with Gasteiger partial charge in [0.05, 0.1) is 0 Å². The largest absolute Gasteiger partial charge is 0.679 e. The van der Waals surface area contributed by atoms with Crippen molar-refractivity contribution in [1.29, 1.82) is 0 Å². The predicted octanol–water partition coefficient (Wildman–Crippen LogP) is 11.0. The number of hydrogen-bond acceptors (Lipinski definition) is 8. The molecule has 0 fully saturated rings. The van der Waals surface area contributed by atoms with Crippen LogP contribution in [0.5, 0.6) is 0 Å². The molecule has 0 spiro atoms. The lowest BCUT2D eigenvalue weighted by atomic mass is 10.9. The third-order valence-corrected chi connectivity index (χ3v) is 21.7. The number of hydrogen-bond donors (Lipinski definition) is 0. The lowest BCUT2D eigenvalue weighted by Crippen LogP contribution is -2.51. The summed E-state index contributed by atoms with van der Waals surface area (Å²) in [5, 5.41) is 0. The first-order valence-electron chi connectivity index (χ1n) is 12.0. The zero-order valence-electron chi connectivity index (χ0n) is 21.6. The second-order valence-corrected chi connectivity index (χ2v) is 52.0. The van der Waals surface area contributed by atoms with E-state index in [1.54, 1.807) is 47.0 Å². The summed E-state index contributed by atoms with van der Waals surface area (Å²) in [6.07, 6.45) is 0. The summed E-state index contributed by atoms with van der Waals surface area (Å²) in [7, 11) is -3.51. The molecule has 0 aromatic carbocycles. The molecule has 0 aliphatic rings. The van der Waals surface area contributed by atoms with Gasteiger partial charge in [0.25, 0.3) is 0 Å². The number of halogens is 12. The molecule has 41 heavy (non-hydrogen) atoms. The Bertz CT molecular complexity index is 557. The summed E-state index contributed by atoms with van der Waals surface area (Å²) < 4.78 is 24.8. The Morgan fingerprint density at radius 1 is 0.317 bits per heavy atom. The summed E-state index contributed by atoms with van der Waals surface area (Å²) in [6.45, 7) is 1.40. The Hall–Kier alpha value is 5.80. The molecule has 0 rings (SSSR count). The topological polar surface area (TPSA) is 36.9 Å². The van der Waals surface area contributed by atoms with E-state index in [1.807, 2.05) is 0 Å². The molecule has 0 unspecified atom stereocenters. The summed E-state index contributed by atoms with van der Waals surface area (Å²) in [4.78, 5) is 0. The molecule has 0 aromatic heterocycles. The summed E-state index contributed by atoms with van der Waals surface area (Å²) in [6, 6.07) is -8.40.